The summed E-state index contributed by atoms with van der Waals surface area (Å²) in [4.78, 5) is 12.7. The van der Waals surface area contributed by atoms with Gasteiger partial charge in [0.05, 0.1) is 18.4 Å². The second-order valence-electron chi connectivity index (χ2n) is 7.84. The number of benzene rings is 4. The predicted molar refractivity (Wildman–Crippen MR) is 142 cm³/mol. The first-order valence-corrected chi connectivity index (χ1v) is 12.8. The molecular formula is C25H19Cl2N3O6S. The first-order chi connectivity index (χ1) is 17.5. The summed E-state index contributed by atoms with van der Waals surface area (Å²) in [5.41, 5.74) is -0.0537. The summed E-state index contributed by atoms with van der Waals surface area (Å²) in [6.45, 7) is 1.41. The van der Waals surface area contributed by atoms with Gasteiger partial charge in [0.2, 0.25) is 0 Å². The summed E-state index contributed by atoms with van der Waals surface area (Å²) in [5.74, 6) is -0.824. The molecule has 0 aromatic heterocycles. The van der Waals surface area contributed by atoms with Crippen molar-refractivity contribution in [1.29, 1.82) is 0 Å². The Bertz CT molecular complexity index is 1690. The number of hydrogen-bond acceptors (Lipinski definition) is 7. The maximum absolute atomic E-state index is 13.2. The molecule has 12 heteroatoms. The molecule has 190 valence electrons. The van der Waals surface area contributed by atoms with Gasteiger partial charge in [-0.2, -0.15) is 8.42 Å². The third-order valence-corrected chi connectivity index (χ3v) is 7.16. The van der Waals surface area contributed by atoms with Crippen molar-refractivity contribution in [3.63, 3.8) is 0 Å². The minimum atomic E-state index is -4.70. The third-order valence-electron chi connectivity index (χ3n) is 5.48. The molecule has 0 bridgehead atoms. The lowest BCUT2D eigenvalue weighted by Gasteiger charge is -2.13. The molecule has 4 aromatic rings. The van der Waals surface area contributed by atoms with E-state index in [4.69, 9.17) is 27.9 Å². The number of carbonyl (C=O) groups excluding carboxylic acids is 1. The zero-order valence-corrected chi connectivity index (χ0v) is 21.7. The lowest BCUT2D eigenvalue weighted by molar-refractivity contribution is 0.102. The maximum Gasteiger partial charge on any atom is 0.297 e. The molecule has 4 rings (SSSR count). The summed E-state index contributed by atoms with van der Waals surface area (Å²) in [5, 5.41) is 23.2. The van der Waals surface area contributed by atoms with Crippen LogP contribution in [0.3, 0.4) is 0 Å². The van der Waals surface area contributed by atoms with Gasteiger partial charge in [0.15, 0.2) is 5.75 Å². The van der Waals surface area contributed by atoms with Crippen LogP contribution in [0.15, 0.2) is 75.8 Å². The number of nitrogens with zero attached hydrogens (tertiary/aromatic N) is 2. The number of azo groups is 1. The smallest absolute Gasteiger partial charge is 0.297 e. The van der Waals surface area contributed by atoms with Crippen LogP contribution in [0.5, 0.6) is 11.5 Å². The van der Waals surface area contributed by atoms with Gasteiger partial charge in [0, 0.05) is 15.4 Å². The van der Waals surface area contributed by atoms with Crippen LogP contribution in [0.25, 0.3) is 10.8 Å². The Hall–Kier alpha value is -3.70. The van der Waals surface area contributed by atoms with E-state index in [9.17, 15) is 22.9 Å². The number of methoxy groups -OCH3 is 1. The molecule has 0 aliphatic rings. The minimum absolute atomic E-state index is 0.0818. The number of amides is 1. The van der Waals surface area contributed by atoms with E-state index >= 15 is 0 Å². The van der Waals surface area contributed by atoms with E-state index in [1.54, 1.807) is 36.4 Å². The third kappa shape index (κ3) is 5.37. The van der Waals surface area contributed by atoms with Gasteiger partial charge in [0.1, 0.15) is 22.0 Å². The number of rotatable bonds is 6. The van der Waals surface area contributed by atoms with Crippen molar-refractivity contribution in [2.75, 3.05) is 12.4 Å². The maximum atomic E-state index is 13.2. The van der Waals surface area contributed by atoms with Gasteiger partial charge in [0.25, 0.3) is 16.0 Å². The molecule has 3 N–H and O–H groups in total. The Balaban J connectivity index is 1.85. The highest BCUT2D eigenvalue weighted by Gasteiger charge is 2.22. The summed E-state index contributed by atoms with van der Waals surface area (Å²) in [6, 6.07) is 15.6. The Morgan fingerprint density at radius 1 is 1.03 bits per heavy atom. The first kappa shape index (κ1) is 26.4. The van der Waals surface area contributed by atoms with E-state index in [0.29, 0.717) is 21.5 Å². The second-order valence-corrected chi connectivity index (χ2v) is 10.0. The summed E-state index contributed by atoms with van der Waals surface area (Å²) >= 11 is 12.1. The number of hydrogen-bond donors (Lipinski definition) is 3. The van der Waals surface area contributed by atoms with Crippen molar-refractivity contribution in [3.8, 4) is 11.5 Å². The van der Waals surface area contributed by atoms with Crippen molar-refractivity contribution >= 4 is 67.1 Å². The summed E-state index contributed by atoms with van der Waals surface area (Å²) in [6.07, 6.45) is 0. The average Bonchev–Trinajstić information content (AvgIpc) is 2.84. The Kier molecular flexibility index (Phi) is 7.37. The molecule has 0 heterocycles. The Morgan fingerprint density at radius 2 is 1.76 bits per heavy atom. The molecule has 1 amide bonds. The van der Waals surface area contributed by atoms with Gasteiger partial charge < -0.3 is 15.2 Å². The fourth-order valence-corrected chi connectivity index (χ4v) is 4.98. The predicted octanol–water partition coefficient (Wildman–Crippen LogP) is 7.08. The molecule has 4 aromatic carbocycles. The van der Waals surface area contributed by atoms with Crippen LogP contribution in [-0.4, -0.2) is 31.1 Å². The summed E-state index contributed by atoms with van der Waals surface area (Å²) in [7, 11) is -3.26. The fraction of sp³-hybridized carbons (Fsp3) is 0.0800. The molecule has 0 aliphatic carbocycles. The zero-order valence-electron chi connectivity index (χ0n) is 19.4. The lowest BCUT2D eigenvalue weighted by atomic mass is 10.0. The SMILES string of the molecule is COc1ccc(Cl)cc1NC(=O)c1cc2ccccc2c(N=Nc2ccc(Cl)c(C)c2S(=O)(=O)O)c1O. The topological polar surface area (TPSA) is 138 Å². The molecule has 0 radical (unpaired) electrons. The number of carbonyl (C=O) groups is 1. The van der Waals surface area contributed by atoms with Gasteiger partial charge in [-0.3, -0.25) is 9.35 Å². The lowest BCUT2D eigenvalue weighted by Crippen LogP contribution is -2.13. The molecule has 0 unspecified atom stereocenters. The van der Waals surface area contributed by atoms with Crippen molar-refractivity contribution in [1.82, 2.24) is 0 Å². The Labute approximate surface area is 222 Å². The van der Waals surface area contributed by atoms with Crippen LogP contribution >= 0.6 is 23.2 Å². The van der Waals surface area contributed by atoms with E-state index in [2.05, 4.69) is 15.5 Å². The van der Waals surface area contributed by atoms with Crippen molar-refractivity contribution in [2.24, 2.45) is 10.2 Å². The quantitative estimate of drug-likeness (QED) is 0.170. The van der Waals surface area contributed by atoms with Crippen LogP contribution < -0.4 is 10.1 Å². The van der Waals surface area contributed by atoms with E-state index in [0.717, 1.165) is 0 Å². The molecule has 0 atom stereocenters. The first-order valence-electron chi connectivity index (χ1n) is 10.6. The zero-order chi connectivity index (χ0) is 26.9. The fourth-order valence-electron chi connectivity index (χ4n) is 3.72. The second kappa shape index (κ2) is 10.3. The van der Waals surface area contributed by atoms with Crippen molar-refractivity contribution in [3.05, 3.63) is 81.8 Å². The van der Waals surface area contributed by atoms with E-state index < -0.39 is 26.7 Å². The molecule has 0 aliphatic heterocycles. The van der Waals surface area contributed by atoms with E-state index in [-0.39, 0.29) is 33.2 Å². The number of anilines is 1. The number of phenols is 1. The van der Waals surface area contributed by atoms with Crippen LogP contribution in [0.2, 0.25) is 10.0 Å². The van der Waals surface area contributed by atoms with Gasteiger partial charge in [-0.1, -0.05) is 47.5 Å². The minimum Gasteiger partial charge on any atom is -0.505 e. The number of phenolic OH excluding ortho intramolecular Hbond substituents is 1. The number of nitrogens with one attached hydrogen (secondary N) is 1. The molecule has 0 fully saturated rings. The van der Waals surface area contributed by atoms with Gasteiger partial charge in [-0.15, -0.1) is 10.2 Å². The number of aromatic hydroxyl groups is 1. The molecule has 37 heavy (non-hydrogen) atoms. The van der Waals surface area contributed by atoms with Crippen molar-refractivity contribution < 1.29 is 27.6 Å². The molecule has 9 nitrogen and oxygen atoms in total. The number of fused-ring (bicyclic) bond motifs is 1. The monoisotopic (exact) mass is 559 g/mol. The van der Waals surface area contributed by atoms with Crippen LogP contribution in [0.1, 0.15) is 15.9 Å². The largest absolute Gasteiger partial charge is 0.505 e. The van der Waals surface area contributed by atoms with E-state index in [1.807, 2.05) is 0 Å². The summed E-state index contributed by atoms with van der Waals surface area (Å²) < 4.78 is 38.9. The van der Waals surface area contributed by atoms with Gasteiger partial charge in [-0.25, -0.2) is 0 Å². The van der Waals surface area contributed by atoms with E-state index in [1.165, 1.54) is 38.3 Å². The highest BCUT2D eigenvalue weighted by Crippen LogP contribution is 2.41. The van der Waals surface area contributed by atoms with Crippen molar-refractivity contribution in [2.45, 2.75) is 11.8 Å². The van der Waals surface area contributed by atoms with Crippen LogP contribution in [0, 0.1) is 6.92 Å². The standard InChI is InChI=1S/C25H19Cl2N3O6S/c1-13-18(27)8-9-19(24(13)37(33,34)35)29-30-22-16-6-4-3-5-14(16)11-17(23(22)31)25(32)28-20-12-15(26)7-10-21(20)36-2/h3-12,31H,1-2H3,(H,28,32)(H,33,34,35). The number of ether oxygens (including phenoxy) is 1. The van der Waals surface area contributed by atoms with Crippen LogP contribution in [-0.2, 0) is 10.1 Å². The normalized spacial score (nSPS) is 11.7. The Morgan fingerprint density at radius 3 is 2.46 bits per heavy atom. The van der Waals surface area contributed by atoms with Gasteiger partial charge in [-0.05, 0) is 54.3 Å². The highest BCUT2D eigenvalue weighted by atomic mass is 35.5. The highest BCUT2D eigenvalue weighted by molar-refractivity contribution is 7.86. The molecule has 0 saturated heterocycles. The van der Waals surface area contributed by atoms with Crippen LogP contribution in [0.4, 0.5) is 17.1 Å². The molecule has 0 saturated carbocycles. The van der Waals surface area contributed by atoms with Gasteiger partial charge >= 0.3 is 0 Å². The molecule has 0 spiro atoms. The average molecular weight is 560 g/mol. The number of halogens is 2. The molecular weight excluding hydrogens is 541 g/mol.